The standard InChI is InChI=1S/C13H17N5O2/c1-8(2)10-16-11(18-17-10)12(19)15-7-9-5-4-6-14-13(9)20-3/h4-6,8H,7H2,1-3H3,(H,15,19)(H,16,17,18). The Labute approximate surface area is 116 Å². The van der Waals surface area contributed by atoms with Crippen LogP contribution < -0.4 is 10.1 Å². The van der Waals surface area contributed by atoms with E-state index in [0.29, 0.717) is 18.2 Å². The molecule has 0 atom stereocenters. The van der Waals surface area contributed by atoms with Crippen LogP contribution in [0, 0.1) is 0 Å². The molecule has 0 fully saturated rings. The zero-order chi connectivity index (χ0) is 14.5. The molecular formula is C13H17N5O2. The van der Waals surface area contributed by atoms with Crippen LogP contribution in [0.5, 0.6) is 5.88 Å². The molecule has 0 aliphatic carbocycles. The summed E-state index contributed by atoms with van der Waals surface area (Å²) in [5.74, 6) is 1.18. The quantitative estimate of drug-likeness (QED) is 0.857. The number of carbonyl (C=O) groups excluding carboxylic acids is 1. The van der Waals surface area contributed by atoms with Gasteiger partial charge in [0, 0.05) is 24.2 Å². The molecule has 2 heterocycles. The molecule has 2 N–H and O–H groups in total. The van der Waals surface area contributed by atoms with E-state index in [0.717, 1.165) is 5.56 Å². The van der Waals surface area contributed by atoms with Crippen LogP contribution in [0.3, 0.4) is 0 Å². The number of hydrogen-bond acceptors (Lipinski definition) is 5. The lowest BCUT2D eigenvalue weighted by atomic mass is 10.2. The summed E-state index contributed by atoms with van der Waals surface area (Å²) in [6.45, 7) is 4.26. The van der Waals surface area contributed by atoms with Gasteiger partial charge in [0.05, 0.1) is 7.11 Å². The summed E-state index contributed by atoms with van der Waals surface area (Å²) in [5, 5.41) is 9.38. The predicted molar refractivity (Wildman–Crippen MR) is 72.4 cm³/mol. The molecule has 0 aliphatic rings. The Bertz CT molecular complexity index is 594. The molecule has 7 heteroatoms. The Morgan fingerprint density at radius 2 is 2.30 bits per heavy atom. The van der Waals surface area contributed by atoms with Crippen molar-refractivity contribution in [2.75, 3.05) is 7.11 Å². The fourth-order valence-corrected chi connectivity index (χ4v) is 1.63. The number of rotatable bonds is 5. The van der Waals surface area contributed by atoms with Crippen molar-refractivity contribution in [3.05, 3.63) is 35.5 Å². The number of pyridine rings is 1. The summed E-state index contributed by atoms with van der Waals surface area (Å²) >= 11 is 0. The molecule has 1 amide bonds. The molecule has 7 nitrogen and oxygen atoms in total. The Balaban J connectivity index is 2.01. The lowest BCUT2D eigenvalue weighted by Gasteiger charge is -2.07. The topological polar surface area (TPSA) is 92.8 Å². The van der Waals surface area contributed by atoms with E-state index in [9.17, 15) is 4.79 Å². The fourth-order valence-electron chi connectivity index (χ4n) is 1.63. The molecule has 0 saturated carbocycles. The van der Waals surface area contributed by atoms with Crippen LogP contribution in [0.4, 0.5) is 0 Å². The lowest BCUT2D eigenvalue weighted by molar-refractivity contribution is 0.0940. The number of hydrogen-bond donors (Lipinski definition) is 2. The van der Waals surface area contributed by atoms with Crippen LogP contribution in [0.1, 0.15) is 41.8 Å². The van der Waals surface area contributed by atoms with E-state index < -0.39 is 0 Å². The largest absolute Gasteiger partial charge is 0.481 e. The second-order valence-electron chi connectivity index (χ2n) is 4.55. The van der Waals surface area contributed by atoms with E-state index in [1.165, 1.54) is 7.11 Å². The Kier molecular flexibility index (Phi) is 4.29. The Morgan fingerprint density at radius 3 is 2.95 bits per heavy atom. The van der Waals surface area contributed by atoms with Crippen molar-refractivity contribution in [1.29, 1.82) is 0 Å². The fraction of sp³-hybridized carbons (Fsp3) is 0.385. The van der Waals surface area contributed by atoms with Crippen LogP contribution in [-0.2, 0) is 6.54 Å². The number of aromatic amines is 1. The Hall–Kier alpha value is -2.44. The van der Waals surface area contributed by atoms with Gasteiger partial charge < -0.3 is 10.1 Å². The summed E-state index contributed by atoms with van der Waals surface area (Å²) < 4.78 is 5.12. The molecular weight excluding hydrogens is 258 g/mol. The summed E-state index contributed by atoms with van der Waals surface area (Å²) in [6, 6.07) is 3.62. The molecule has 20 heavy (non-hydrogen) atoms. The molecule has 2 rings (SSSR count). The molecule has 106 valence electrons. The average Bonchev–Trinajstić information content (AvgIpc) is 2.95. The van der Waals surface area contributed by atoms with Gasteiger partial charge in [0.15, 0.2) is 0 Å². The minimum Gasteiger partial charge on any atom is -0.481 e. The van der Waals surface area contributed by atoms with E-state index in [-0.39, 0.29) is 17.6 Å². The first kappa shape index (κ1) is 14.0. The molecule has 0 bridgehead atoms. The number of aromatic nitrogens is 4. The molecule has 0 spiro atoms. The van der Waals surface area contributed by atoms with Gasteiger partial charge in [-0.1, -0.05) is 19.9 Å². The average molecular weight is 275 g/mol. The molecule has 2 aromatic heterocycles. The number of amides is 1. The number of ether oxygens (including phenoxy) is 1. The van der Waals surface area contributed by atoms with Gasteiger partial charge in [-0.2, -0.15) is 0 Å². The molecule has 0 aliphatic heterocycles. The van der Waals surface area contributed by atoms with Crippen molar-refractivity contribution in [2.45, 2.75) is 26.3 Å². The van der Waals surface area contributed by atoms with Gasteiger partial charge in [0.1, 0.15) is 5.82 Å². The van der Waals surface area contributed by atoms with Crippen molar-refractivity contribution in [3.8, 4) is 5.88 Å². The normalized spacial score (nSPS) is 10.6. The number of nitrogens with one attached hydrogen (secondary N) is 2. The van der Waals surface area contributed by atoms with Crippen molar-refractivity contribution in [2.24, 2.45) is 0 Å². The maximum Gasteiger partial charge on any atom is 0.291 e. The van der Waals surface area contributed by atoms with Crippen molar-refractivity contribution in [3.63, 3.8) is 0 Å². The van der Waals surface area contributed by atoms with Crippen LogP contribution in [-0.4, -0.2) is 33.2 Å². The predicted octanol–water partition coefficient (Wildman–Crippen LogP) is 1.26. The second kappa shape index (κ2) is 6.14. The maximum absolute atomic E-state index is 11.9. The van der Waals surface area contributed by atoms with Crippen LogP contribution >= 0.6 is 0 Å². The van der Waals surface area contributed by atoms with Crippen LogP contribution in [0.15, 0.2) is 18.3 Å². The Morgan fingerprint density at radius 1 is 1.50 bits per heavy atom. The van der Waals surface area contributed by atoms with E-state index in [1.54, 1.807) is 12.3 Å². The van der Waals surface area contributed by atoms with Crippen molar-refractivity contribution in [1.82, 2.24) is 25.5 Å². The monoisotopic (exact) mass is 275 g/mol. The molecule has 0 radical (unpaired) electrons. The summed E-state index contributed by atoms with van der Waals surface area (Å²) in [5.41, 5.74) is 0.794. The molecule has 0 unspecified atom stereocenters. The van der Waals surface area contributed by atoms with E-state index in [2.05, 4.69) is 25.5 Å². The van der Waals surface area contributed by atoms with Gasteiger partial charge in [-0.3, -0.25) is 9.89 Å². The minimum atomic E-state index is -0.334. The SMILES string of the molecule is COc1ncccc1CNC(=O)c1n[nH]c(C(C)C)n1. The number of nitrogens with zero attached hydrogens (tertiary/aromatic N) is 3. The van der Waals surface area contributed by atoms with Crippen molar-refractivity contribution < 1.29 is 9.53 Å². The minimum absolute atomic E-state index is 0.136. The number of H-pyrrole nitrogens is 1. The van der Waals surface area contributed by atoms with Crippen LogP contribution in [0.2, 0.25) is 0 Å². The number of methoxy groups -OCH3 is 1. The zero-order valence-electron chi connectivity index (χ0n) is 11.7. The third-order valence-electron chi connectivity index (χ3n) is 2.74. The van der Waals surface area contributed by atoms with Gasteiger partial charge in [0.2, 0.25) is 11.7 Å². The van der Waals surface area contributed by atoms with Crippen LogP contribution in [0.25, 0.3) is 0 Å². The highest BCUT2D eigenvalue weighted by atomic mass is 16.5. The lowest BCUT2D eigenvalue weighted by Crippen LogP contribution is -2.24. The highest BCUT2D eigenvalue weighted by Gasteiger charge is 2.14. The molecule has 0 aromatic carbocycles. The molecule has 0 saturated heterocycles. The van der Waals surface area contributed by atoms with Gasteiger partial charge in [-0.15, -0.1) is 5.10 Å². The van der Waals surface area contributed by atoms with Gasteiger partial charge in [0.25, 0.3) is 5.91 Å². The third-order valence-corrected chi connectivity index (χ3v) is 2.74. The van der Waals surface area contributed by atoms with Crippen molar-refractivity contribution >= 4 is 5.91 Å². The van der Waals surface area contributed by atoms with E-state index >= 15 is 0 Å². The maximum atomic E-state index is 11.9. The second-order valence-corrected chi connectivity index (χ2v) is 4.55. The van der Waals surface area contributed by atoms with E-state index in [4.69, 9.17) is 4.74 Å². The highest BCUT2D eigenvalue weighted by Crippen LogP contribution is 2.13. The summed E-state index contributed by atoms with van der Waals surface area (Å²) in [6.07, 6.45) is 1.63. The number of carbonyl (C=O) groups is 1. The summed E-state index contributed by atoms with van der Waals surface area (Å²) in [7, 11) is 1.54. The first-order valence-electron chi connectivity index (χ1n) is 6.30. The van der Waals surface area contributed by atoms with E-state index in [1.807, 2.05) is 19.9 Å². The first-order valence-corrected chi connectivity index (χ1v) is 6.30. The smallest absolute Gasteiger partial charge is 0.291 e. The third kappa shape index (κ3) is 3.11. The summed E-state index contributed by atoms with van der Waals surface area (Å²) in [4.78, 5) is 20.1. The molecule has 2 aromatic rings. The van der Waals surface area contributed by atoms with Gasteiger partial charge >= 0.3 is 0 Å². The zero-order valence-corrected chi connectivity index (χ0v) is 11.7. The first-order chi connectivity index (χ1) is 9.61. The van der Waals surface area contributed by atoms with Gasteiger partial charge in [-0.25, -0.2) is 9.97 Å². The highest BCUT2D eigenvalue weighted by molar-refractivity contribution is 5.90. The van der Waals surface area contributed by atoms with Gasteiger partial charge in [-0.05, 0) is 6.07 Å².